The molecule has 0 saturated carbocycles. The molecule has 1 saturated heterocycles. The van der Waals surface area contributed by atoms with E-state index < -0.39 is 11.6 Å². The molecule has 6 nitrogen and oxygen atoms in total. The standard InChI is InChI=1S/C19H28N2O4/c1-14(17(22)25-19(2,3)4)20-16-10-11-21(12-16)18(23)24-13-15-8-6-5-7-9-15/h5-9,14,16,20H,10-13H2,1-4H3/t14-,16-/m0/s1. The van der Waals surface area contributed by atoms with E-state index in [1.54, 1.807) is 11.8 Å². The van der Waals surface area contributed by atoms with Crippen LogP contribution in [0.15, 0.2) is 30.3 Å². The Kier molecular flexibility index (Phi) is 6.42. The van der Waals surface area contributed by atoms with Gasteiger partial charge in [0.15, 0.2) is 0 Å². The lowest BCUT2D eigenvalue weighted by molar-refractivity contribution is -0.157. The van der Waals surface area contributed by atoms with Gasteiger partial charge in [0.2, 0.25) is 0 Å². The Bertz CT molecular complexity index is 583. The number of esters is 1. The molecule has 1 heterocycles. The van der Waals surface area contributed by atoms with Gasteiger partial charge in [-0.05, 0) is 39.7 Å². The molecule has 0 aromatic heterocycles. The fourth-order valence-electron chi connectivity index (χ4n) is 2.68. The number of hydrogen-bond donors (Lipinski definition) is 1. The fourth-order valence-corrected chi connectivity index (χ4v) is 2.68. The van der Waals surface area contributed by atoms with Crippen LogP contribution in [0, 0.1) is 0 Å². The lowest BCUT2D eigenvalue weighted by atomic mass is 10.2. The summed E-state index contributed by atoms with van der Waals surface area (Å²) in [7, 11) is 0. The molecule has 1 aliphatic rings. The molecule has 1 fully saturated rings. The van der Waals surface area contributed by atoms with E-state index >= 15 is 0 Å². The molecule has 1 amide bonds. The molecular formula is C19H28N2O4. The van der Waals surface area contributed by atoms with Crippen molar-refractivity contribution in [2.75, 3.05) is 13.1 Å². The maximum absolute atomic E-state index is 12.2. The normalized spacial score (nSPS) is 18.7. The second-order valence-electron chi connectivity index (χ2n) is 7.39. The highest BCUT2D eigenvalue weighted by atomic mass is 16.6. The van der Waals surface area contributed by atoms with Crippen LogP contribution < -0.4 is 5.32 Å². The monoisotopic (exact) mass is 348 g/mol. The summed E-state index contributed by atoms with van der Waals surface area (Å²) < 4.78 is 10.7. The summed E-state index contributed by atoms with van der Waals surface area (Å²) in [4.78, 5) is 25.9. The Morgan fingerprint density at radius 3 is 2.60 bits per heavy atom. The highest BCUT2D eigenvalue weighted by Gasteiger charge is 2.30. The minimum Gasteiger partial charge on any atom is -0.459 e. The van der Waals surface area contributed by atoms with E-state index in [0.717, 1.165) is 12.0 Å². The van der Waals surface area contributed by atoms with Crippen molar-refractivity contribution in [2.45, 2.75) is 58.4 Å². The Morgan fingerprint density at radius 2 is 1.96 bits per heavy atom. The van der Waals surface area contributed by atoms with Gasteiger partial charge in [-0.15, -0.1) is 0 Å². The molecule has 1 aromatic carbocycles. The summed E-state index contributed by atoms with van der Waals surface area (Å²) in [5.74, 6) is -0.280. The van der Waals surface area contributed by atoms with Crippen molar-refractivity contribution in [3.8, 4) is 0 Å². The van der Waals surface area contributed by atoms with Gasteiger partial charge >= 0.3 is 12.1 Å². The largest absolute Gasteiger partial charge is 0.459 e. The van der Waals surface area contributed by atoms with Gasteiger partial charge in [-0.2, -0.15) is 0 Å². The number of benzene rings is 1. The average molecular weight is 348 g/mol. The Hall–Kier alpha value is -2.08. The summed E-state index contributed by atoms with van der Waals surface area (Å²) in [5.41, 5.74) is 0.457. The van der Waals surface area contributed by atoms with Gasteiger partial charge in [0, 0.05) is 19.1 Å². The van der Waals surface area contributed by atoms with Crippen LogP contribution >= 0.6 is 0 Å². The van der Waals surface area contributed by atoms with E-state index in [4.69, 9.17) is 9.47 Å². The number of rotatable bonds is 5. The van der Waals surface area contributed by atoms with Gasteiger partial charge in [-0.3, -0.25) is 10.1 Å². The second-order valence-corrected chi connectivity index (χ2v) is 7.39. The minimum atomic E-state index is -0.504. The quantitative estimate of drug-likeness (QED) is 0.829. The van der Waals surface area contributed by atoms with E-state index in [1.165, 1.54) is 0 Å². The molecule has 0 bridgehead atoms. The lowest BCUT2D eigenvalue weighted by Crippen LogP contribution is -2.45. The van der Waals surface area contributed by atoms with Crippen molar-refractivity contribution < 1.29 is 19.1 Å². The van der Waals surface area contributed by atoms with Crippen molar-refractivity contribution in [3.63, 3.8) is 0 Å². The highest BCUT2D eigenvalue weighted by Crippen LogP contribution is 2.14. The van der Waals surface area contributed by atoms with Gasteiger partial charge in [0.25, 0.3) is 0 Å². The summed E-state index contributed by atoms with van der Waals surface area (Å²) in [6.07, 6.45) is 0.464. The Balaban J connectivity index is 1.75. The number of hydrogen-bond acceptors (Lipinski definition) is 5. The molecule has 6 heteroatoms. The topological polar surface area (TPSA) is 67.9 Å². The molecule has 138 valence electrons. The SMILES string of the molecule is C[C@H](N[C@H]1CCN(C(=O)OCc2ccccc2)C1)C(=O)OC(C)(C)C. The molecule has 1 aromatic rings. The average Bonchev–Trinajstić information content (AvgIpc) is 3.00. The first-order chi connectivity index (χ1) is 11.7. The number of carbonyl (C=O) groups excluding carboxylic acids is 2. The number of ether oxygens (including phenoxy) is 2. The van der Waals surface area contributed by atoms with Gasteiger partial charge in [0.05, 0.1) is 0 Å². The Labute approximate surface area is 149 Å². The van der Waals surface area contributed by atoms with Gasteiger partial charge in [0.1, 0.15) is 18.2 Å². The first kappa shape index (κ1) is 19.2. The van der Waals surface area contributed by atoms with E-state index in [1.807, 2.05) is 51.1 Å². The predicted molar refractivity (Wildman–Crippen MR) is 95.0 cm³/mol. The van der Waals surface area contributed by atoms with Crippen LogP contribution in [0.4, 0.5) is 4.79 Å². The van der Waals surface area contributed by atoms with Crippen LogP contribution in [0.2, 0.25) is 0 Å². The Morgan fingerprint density at radius 1 is 1.28 bits per heavy atom. The minimum absolute atomic E-state index is 0.0618. The van der Waals surface area contributed by atoms with E-state index in [-0.39, 0.29) is 24.7 Å². The summed E-state index contributed by atoms with van der Waals surface area (Å²) in [6.45, 7) is 8.73. The third-order valence-electron chi connectivity index (χ3n) is 3.90. The molecule has 2 atom stereocenters. The van der Waals surface area contributed by atoms with Crippen molar-refractivity contribution in [2.24, 2.45) is 0 Å². The fraction of sp³-hybridized carbons (Fsp3) is 0.579. The van der Waals surface area contributed by atoms with Crippen molar-refractivity contribution in [3.05, 3.63) is 35.9 Å². The maximum Gasteiger partial charge on any atom is 0.410 e. The van der Waals surface area contributed by atoms with Crippen LogP contribution in [0.25, 0.3) is 0 Å². The molecule has 2 rings (SSSR count). The first-order valence-electron chi connectivity index (χ1n) is 8.69. The van der Waals surface area contributed by atoms with Crippen molar-refractivity contribution in [1.29, 1.82) is 0 Å². The van der Waals surface area contributed by atoms with E-state index in [2.05, 4.69) is 5.32 Å². The summed E-state index contributed by atoms with van der Waals surface area (Å²) in [5, 5.41) is 3.24. The number of likely N-dealkylation sites (tertiary alicyclic amines) is 1. The molecule has 0 unspecified atom stereocenters. The third-order valence-corrected chi connectivity index (χ3v) is 3.90. The molecule has 1 N–H and O–H groups in total. The molecule has 0 radical (unpaired) electrons. The number of amides is 1. The van der Waals surface area contributed by atoms with E-state index in [9.17, 15) is 9.59 Å². The maximum atomic E-state index is 12.2. The lowest BCUT2D eigenvalue weighted by Gasteiger charge is -2.24. The summed E-state index contributed by atoms with van der Waals surface area (Å²) >= 11 is 0. The van der Waals surface area contributed by atoms with Crippen LogP contribution in [-0.2, 0) is 20.9 Å². The molecule has 25 heavy (non-hydrogen) atoms. The molecule has 0 aliphatic carbocycles. The molecular weight excluding hydrogens is 320 g/mol. The van der Waals surface area contributed by atoms with Crippen molar-refractivity contribution in [1.82, 2.24) is 10.2 Å². The zero-order valence-electron chi connectivity index (χ0n) is 15.5. The molecule has 1 aliphatic heterocycles. The van der Waals surface area contributed by atoms with Crippen LogP contribution in [0.3, 0.4) is 0 Å². The number of nitrogens with zero attached hydrogens (tertiary/aromatic N) is 1. The van der Waals surface area contributed by atoms with Gasteiger partial charge in [-0.1, -0.05) is 30.3 Å². The third kappa shape index (κ3) is 6.38. The summed E-state index contributed by atoms with van der Waals surface area (Å²) in [6, 6.07) is 9.24. The smallest absolute Gasteiger partial charge is 0.410 e. The van der Waals surface area contributed by atoms with Crippen molar-refractivity contribution >= 4 is 12.1 Å². The number of nitrogens with one attached hydrogen (secondary N) is 1. The molecule has 0 spiro atoms. The first-order valence-corrected chi connectivity index (χ1v) is 8.69. The van der Waals surface area contributed by atoms with Gasteiger partial charge in [-0.25, -0.2) is 4.79 Å². The van der Waals surface area contributed by atoms with Crippen LogP contribution in [-0.4, -0.2) is 47.7 Å². The van der Waals surface area contributed by atoms with Crippen LogP contribution in [0.1, 0.15) is 39.7 Å². The predicted octanol–water partition coefficient (Wildman–Crippen LogP) is 2.72. The van der Waals surface area contributed by atoms with E-state index in [0.29, 0.717) is 13.1 Å². The van der Waals surface area contributed by atoms with Crippen LogP contribution in [0.5, 0.6) is 0 Å². The highest BCUT2D eigenvalue weighted by molar-refractivity contribution is 5.75. The second kappa shape index (κ2) is 8.34. The van der Waals surface area contributed by atoms with Gasteiger partial charge < -0.3 is 14.4 Å². The zero-order chi connectivity index (χ0) is 18.4. The number of carbonyl (C=O) groups is 2. The zero-order valence-corrected chi connectivity index (χ0v) is 15.5.